The van der Waals surface area contributed by atoms with Crippen LogP contribution in [0.25, 0.3) is 0 Å². The second kappa shape index (κ2) is 6.75. The maximum Gasteiger partial charge on any atom is 0.271 e. The van der Waals surface area contributed by atoms with E-state index in [4.69, 9.17) is 11.6 Å². The number of hydrogen-bond acceptors (Lipinski definition) is 3. The molecule has 1 aromatic carbocycles. The van der Waals surface area contributed by atoms with Gasteiger partial charge >= 0.3 is 0 Å². The predicted molar refractivity (Wildman–Crippen MR) is 77.8 cm³/mol. The van der Waals surface area contributed by atoms with E-state index in [1.165, 1.54) is 44.2 Å². The van der Waals surface area contributed by atoms with Gasteiger partial charge < -0.3 is 5.32 Å². The van der Waals surface area contributed by atoms with Crippen LogP contribution in [0.4, 0.5) is 11.4 Å². The number of hydrogen-bond donors (Lipinski definition) is 1. The highest BCUT2D eigenvalue weighted by atomic mass is 35.5. The van der Waals surface area contributed by atoms with Gasteiger partial charge in [-0.15, -0.1) is 0 Å². The molecule has 0 bridgehead atoms. The molecule has 0 heterocycles. The second-order valence-corrected chi connectivity index (χ2v) is 5.55. The van der Waals surface area contributed by atoms with Gasteiger partial charge in [0.05, 0.1) is 15.6 Å². The molecular weight excluding hydrogens is 264 g/mol. The van der Waals surface area contributed by atoms with Crippen molar-refractivity contribution in [2.24, 2.45) is 5.92 Å². The van der Waals surface area contributed by atoms with Crippen LogP contribution in [-0.4, -0.2) is 11.5 Å². The topological polar surface area (TPSA) is 55.2 Å². The first kappa shape index (κ1) is 14.1. The van der Waals surface area contributed by atoms with Crippen molar-refractivity contribution in [3.8, 4) is 0 Å². The van der Waals surface area contributed by atoms with Crippen molar-refractivity contribution in [1.29, 1.82) is 0 Å². The summed E-state index contributed by atoms with van der Waals surface area (Å²) in [5, 5.41) is 14.3. The third-order valence-corrected chi connectivity index (χ3v) is 4.07. The second-order valence-electron chi connectivity index (χ2n) is 5.14. The molecule has 19 heavy (non-hydrogen) atoms. The van der Waals surface area contributed by atoms with Crippen LogP contribution in [0.5, 0.6) is 0 Å². The Balaban J connectivity index is 1.83. The molecule has 104 valence electrons. The maximum atomic E-state index is 10.6. The number of anilines is 1. The van der Waals surface area contributed by atoms with Gasteiger partial charge in [-0.1, -0.05) is 43.7 Å². The lowest BCUT2D eigenvalue weighted by molar-refractivity contribution is -0.384. The quantitative estimate of drug-likeness (QED) is 0.633. The van der Waals surface area contributed by atoms with E-state index in [0.29, 0.717) is 5.02 Å². The Hall–Kier alpha value is -1.29. The van der Waals surface area contributed by atoms with E-state index >= 15 is 0 Å². The molecular formula is C14H19ClN2O2. The van der Waals surface area contributed by atoms with Crippen molar-refractivity contribution < 1.29 is 4.92 Å². The lowest BCUT2D eigenvalue weighted by atomic mass is 9.87. The summed E-state index contributed by atoms with van der Waals surface area (Å²) in [7, 11) is 0. The third-order valence-electron chi connectivity index (χ3n) is 3.76. The largest absolute Gasteiger partial charge is 0.384 e. The summed E-state index contributed by atoms with van der Waals surface area (Å²) in [5.74, 6) is 0.818. The number of nitrogens with zero attached hydrogens (tertiary/aromatic N) is 1. The lowest BCUT2D eigenvalue weighted by Crippen LogP contribution is -2.12. The number of halogens is 1. The zero-order valence-corrected chi connectivity index (χ0v) is 11.7. The van der Waals surface area contributed by atoms with Crippen LogP contribution < -0.4 is 5.32 Å². The molecule has 1 fully saturated rings. The summed E-state index contributed by atoms with van der Waals surface area (Å²) in [4.78, 5) is 10.2. The number of nitro groups is 1. The van der Waals surface area contributed by atoms with Crippen LogP contribution in [-0.2, 0) is 0 Å². The van der Waals surface area contributed by atoms with Gasteiger partial charge in [0, 0.05) is 18.7 Å². The van der Waals surface area contributed by atoms with Crippen molar-refractivity contribution >= 4 is 23.0 Å². The van der Waals surface area contributed by atoms with Gasteiger partial charge in [0.25, 0.3) is 5.69 Å². The highest BCUT2D eigenvalue weighted by molar-refractivity contribution is 6.33. The molecule has 0 aromatic heterocycles. The van der Waals surface area contributed by atoms with Crippen molar-refractivity contribution in [3.63, 3.8) is 0 Å². The molecule has 0 amide bonds. The lowest BCUT2D eigenvalue weighted by Gasteiger charge is -2.21. The SMILES string of the molecule is O=[N+]([O-])c1ccc(NCCC2CCCCC2)c(Cl)c1. The van der Waals surface area contributed by atoms with E-state index in [1.54, 1.807) is 6.07 Å². The Morgan fingerprint density at radius 3 is 2.68 bits per heavy atom. The molecule has 1 N–H and O–H groups in total. The molecule has 1 aliphatic rings. The zero-order chi connectivity index (χ0) is 13.7. The zero-order valence-electron chi connectivity index (χ0n) is 10.9. The Morgan fingerprint density at radius 1 is 1.32 bits per heavy atom. The predicted octanol–water partition coefficient (Wildman–Crippen LogP) is 4.63. The van der Waals surface area contributed by atoms with Crippen LogP contribution >= 0.6 is 11.6 Å². The summed E-state index contributed by atoms with van der Waals surface area (Å²) in [5.41, 5.74) is 0.811. The molecule has 0 unspecified atom stereocenters. The van der Waals surface area contributed by atoms with Gasteiger partial charge in [0.15, 0.2) is 0 Å². The van der Waals surface area contributed by atoms with Gasteiger partial charge in [-0.3, -0.25) is 10.1 Å². The van der Waals surface area contributed by atoms with Crippen LogP contribution in [0.1, 0.15) is 38.5 Å². The number of nitro benzene ring substituents is 1. The molecule has 0 aliphatic heterocycles. The summed E-state index contributed by atoms with van der Waals surface area (Å²) in [6.45, 7) is 0.877. The fraction of sp³-hybridized carbons (Fsp3) is 0.571. The van der Waals surface area contributed by atoms with E-state index in [0.717, 1.165) is 24.6 Å². The molecule has 0 saturated heterocycles. The molecule has 5 heteroatoms. The highest BCUT2D eigenvalue weighted by Gasteiger charge is 2.13. The third kappa shape index (κ3) is 4.10. The number of rotatable bonds is 5. The van der Waals surface area contributed by atoms with Gasteiger partial charge in [0.2, 0.25) is 0 Å². The van der Waals surface area contributed by atoms with Crippen LogP contribution in [0, 0.1) is 16.0 Å². The summed E-state index contributed by atoms with van der Waals surface area (Å²) in [6, 6.07) is 4.56. The first-order valence-electron chi connectivity index (χ1n) is 6.84. The van der Waals surface area contributed by atoms with E-state index < -0.39 is 4.92 Å². The molecule has 0 atom stereocenters. The smallest absolute Gasteiger partial charge is 0.271 e. The summed E-state index contributed by atoms with van der Waals surface area (Å²) < 4.78 is 0. The Labute approximate surface area is 118 Å². The van der Waals surface area contributed by atoms with Crippen LogP contribution in [0.3, 0.4) is 0 Å². The molecule has 4 nitrogen and oxygen atoms in total. The van der Waals surface area contributed by atoms with Crippen molar-refractivity contribution in [3.05, 3.63) is 33.3 Å². The molecule has 1 saturated carbocycles. The Kier molecular flexibility index (Phi) is 5.02. The maximum absolute atomic E-state index is 10.6. The number of non-ortho nitro benzene ring substituents is 1. The van der Waals surface area contributed by atoms with Crippen LogP contribution in [0.15, 0.2) is 18.2 Å². The Bertz CT molecular complexity index is 445. The average Bonchev–Trinajstić information content (AvgIpc) is 2.41. The first-order chi connectivity index (χ1) is 9.16. The fourth-order valence-corrected chi connectivity index (χ4v) is 2.89. The average molecular weight is 283 g/mol. The summed E-state index contributed by atoms with van der Waals surface area (Å²) >= 11 is 6.03. The van der Waals surface area contributed by atoms with Gasteiger partial charge in [-0.25, -0.2) is 0 Å². The van der Waals surface area contributed by atoms with Crippen LogP contribution in [0.2, 0.25) is 5.02 Å². The summed E-state index contributed by atoms with van der Waals surface area (Å²) in [6.07, 6.45) is 7.88. The van der Waals surface area contributed by atoms with E-state index in [1.807, 2.05) is 0 Å². The van der Waals surface area contributed by atoms with Gasteiger partial charge in [-0.05, 0) is 18.4 Å². The van der Waals surface area contributed by atoms with Crippen molar-refractivity contribution in [2.75, 3.05) is 11.9 Å². The van der Waals surface area contributed by atoms with Crippen molar-refractivity contribution in [2.45, 2.75) is 38.5 Å². The van der Waals surface area contributed by atoms with Crippen molar-refractivity contribution in [1.82, 2.24) is 0 Å². The number of nitrogens with one attached hydrogen (secondary N) is 1. The molecule has 0 spiro atoms. The molecule has 0 radical (unpaired) electrons. The highest BCUT2D eigenvalue weighted by Crippen LogP contribution is 2.28. The minimum atomic E-state index is -0.433. The monoisotopic (exact) mass is 282 g/mol. The Morgan fingerprint density at radius 2 is 2.05 bits per heavy atom. The molecule has 2 rings (SSSR count). The fourth-order valence-electron chi connectivity index (χ4n) is 2.65. The van der Waals surface area contributed by atoms with Gasteiger partial charge in [0.1, 0.15) is 0 Å². The first-order valence-corrected chi connectivity index (χ1v) is 7.22. The van der Waals surface area contributed by atoms with E-state index in [-0.39, 0.29) is 5.69 Å². The van der Waals surface area contributed by atoms with E-state index in [2.05, 4.69) is 5.32 Å². The molecule has 1 aromatic rings. The standard InChI is InChI=1S/C14H19ClN2O2/c15-13-10-12(17(18)19)6-7-14(13)16-9-8-11-4-2-1-3-5-11/h6-7,10-11,16H,1-5,8-9H2. The molecule has 1 aliphatic carbocycles. The normalized spacial score (nSPS) is 16.3. The number of benzene rings is 1. The van der Waals surface area contributed by atoms with Gasteiger partial charge in [-0.2, -0.15) is 0 Å². The minimum absolute atomic E-state index is 0.0304. The van der Waals surface area contributed by atoms with E-state index in [9.17, 15) is 10.1 Å². The minimum Gasteiger partial charge on any atom is -0.384 e.